The van der Waals surface area contributed by atoms with Crippen LogP contribution in [0.4, 0.5) is 22.7 Å². The number of benzene rings is 6. The Bertz CT molecular complexity index is 2000. The molecule has 9 heteroatoms. The zero-order valence-corrected chi connectivity index (χ0v) is 30.1. The topological polar surface area (TPSA) is 49.4 Å². The molecular weight excluding hydrogens is 730 g/mol. The van der Waals surface area contributed by atoms with Crippen molar-refractivity contribution in [1.82, 2.24) is 0 Å². The first-order chi connectivity index (χ1) is 22.6. The van der Waals surface area contributed by atoms with Gasteiger partial charge in [-0.05, 0) is 36.4 Å². The van der Waals surface area contributed by atoms with Crippen LogP contribution in [0, 0.1) is 0 Å². The number of fused-ring (bicyclic) bond motifs is 2. The van der Waals surface area contributed by atoms with Crippen molar-refractivity contribution < 1.29 is 29.8 Å². The molecule has 0 aliphatic carbocycles. The number of rotatable bonds is 4. The molecule has 4 nitrogen and oxygen atoms in total. The van der Waals surface area contributed by atoms with Gasteiger partial charge >= 0.3 is 17.4 Å². The maximum Gasteiger partial charge on any atom is 3.00 e. The predicted molar refractivity (Wildman–Crippen MR) is 201 cm³/mol. The van der Waals surface area contributed by atoms with Crippen molar-refractivity contribution in [3.63, 3.8) is 0 Å². The van der Waals surface area contributed by atoms with Gasteiger partial charge in [0.15, 0.2) is 0 Å². The Labute approximate surface area is 319 Å². The van der Waals surface area contributed by atoms with E-state index in [4.69, 9.17) is 43.2 Å². The molecule has 0 amide bonds. The number of nitrogens with zero attached hydrogens (tertiary/aromatic N) is 4. The SMILES string of the molecule is Cl.Clc1ccc2c(c1)N=C(c1ccccc1)C(c1ccccc1)=Nc1ccc(Cl)cc1N=C(c1ccccc1)C(c1ccccc1)=N2.[Cl-].[Cr+3]. The van der Waals surface area contributed by atoms with Gasteiger partial charge in [0.25, 0.3) is 0 Å². The first kappa shape index (κ1) is 37.5. The molecular formula is C40H27Cl4CrN4+2. The predicted octanol–water partition coefficient (Wildman–Crippen LogP) is 8.61. The maximum absolute atomic E-state index is 6.62. The molecule has 0 atom stereocenters. The molecule has 1 aliphatic heterocycles. The van der Waals surface area contributed by atoms with Gasteiger partial charge in [0.1, 0.15) is 0 Å². The molecule has 0 bridgehead atoms. The van der Waals surface area contributed by atoms with E-state index in [2.05, 4.69) is 0 Å². The van der Waals surface area contributed by atoms with Crippen LogP contribution in [0.5, 0.6) is 0 Å². The van der Waals surface area contributed by atoms with Crippen molar-refractivity contribution >= 4 is 81.2 Å². The Morgan fingerprint density at radius 3 is 0.837 bits per heavy atom. The second kappa shape index (κ2) is 17.4. The van der Waals surface area contributed by atoms with Crippen molar-refractivity contribution in [3.05, 3.63) is 190 Å². The summed E-state index contributed by atoms with van der Waals surface area (Å²) >= 11 is 13.2. The van der Waals surface area contributed by atoms with Crippen LogP contribution >= 0.6 is 35.6 Å². The molecule has 49 heavy (non-hydrogen) atoms. The molecule has 239 valence electrons. The molecule has 6 aromatic rings. The van der Waals surface area contributed by atoms with E-state index < -0.39 is 0 Å². The summed E-state index contributed by atoms with van der Waals surface area (Å²) in [4.78, 5) is 21.2. The zero-order chi connectivity index (χ0) is 31.3. The molecule has 0 spiro atoms. The summed E-state index contributed by atoms with van der Waals surface area (Å²) < 4.78 is 0. The summed E-state index contributed by atoms with van der Waals surface area (Å²) in [5, 5.41) is 1.10. The minimum Gasteiger partial charge on any atom is -1.00 e. The van der Waals surface area contributed by atoms with Gasteiger partial charge in [0.05, 0.1) is 45.6 Å². The van der Waals surface area contributed by atoms with Crippen molar-refractivity contribution in [2.45, 2.75) is 0 Å². The van der Waals surface area contributed by atoms with Gasteiger partial charge in [0, 0.05) is 32.3 Å². The molecule has 0 aromatic heterocycles. The average molecular weight is 757 g/mol. The second-order valence-corrected chi connectivity index (χ2v) is 11.4. The number of halogens is 4. The molecule has 1 radical (unpaired) electrons. The summed E-state index contributed by atoms with van der Waals surface area (Å²) in [6.45, 7) is 0. The summed E-state index contributed by atoms with van der Waals surface area (Å²) in [5.74, 6) is 0. The monoisotopic (exact) mass is 755 g/mol. The van der Waals surface area contributed by atoms with Crippen LogP contribution in [0.25, 0.3) is 0 Å². The van der Waals surface area contributed by atoms with Crippen molar-refractivity contribution in [2.75, 3.05) is 0 Å². The van der Waals surface area contributed by atoms with Crippen LogP contribution in [0.1, 0.15) is 22.3 Å². The van der Waals surface area contributed by atoms with E-state index in [0.717, 1.165) is 22.3 Å². The van der Waals surface area contributed by atoms with Gasteiger partial charge in [-0.25, -0.2) is 20.0 Å². The van der Waals surface area contributed by atoms with E-state index >= 15 is 0 Å². The third-order valence-corrected chi connectivity index (χ3v) is 7.91. The van der Waals surface area contributed by atoms with E-state index in [1.807, 2.05) is 158 Å². The van der Waals surface area contributed by atoms with Crippen LogP contribution in [-0.4, -0.2) is 22.8 Å². The van der Waals surface area contributed by atoms with Crippen LogP contribution in [0.15, 0.2) is 178 Å². The Morgan fingerprint density at radius 1 is 0.327 bits per heavy atom. The Hall–Kier alpha value is -4.31. The van der Waals surface area contributed by atoms with Gasteiger partial charge in [-0.15, -0.1) is 12.4 Å². The largest absolute Gasteiger partial charge is 3.00 e. The number of aliphatic imine (C=N–C) groups is 4. The maximum atomic E-state index is 6.62. The second-order valence-electron chi connectivity index (χ2n) is 10.6. The number of hydrogen-bond acceptors (Lipinski definition) is 4. The molecule has 7 rings (SSSR count). The normalized spacial score (nSPS) is 12.3. The van der Waals surface area contributed by atoms with Gasteiger partial charge in [-0.1, -0.05) is 145 Å². The van der Waals surface area contributed by atoms with Crippen LogP contribution in [-0.2, 0) is 17.4 Å². The first-order valence-corrected chi connectivity index (χ1v) is 15.5. The average Bonchev–Trinajstić information content (AvgIpc) is 3.10. The van der Waals surface area contributed by atoms with E-state index in [1.54, 1.807) is 0 Å². The van der Waals surface area contributed by atoms with E-state index in [0.29, 0.717) is 55.6 Å². The summed E-state index contributed by atoms with van der Waals surface area (Å²) in [6.07, 6.45) is 0. The molecule has 0 saturated carbocycles. The van der Waals surface area contributed by atoms with E-state index in [1.165, 1.54) is 0 Å². The van der Waals surface area contributed by atoms with Crippen molar-refractivity contribution in [2.24, 2.45) is 20.0 Å². The standard InChI is InChI=1S/C40H26Cl2N4.2ClH.Cr/c41-31-21-23-33-35(25-31)46-40(30-19-11-4-12-20-30)38(28-15-7-2-8-16-28)44-34-24-22-32(42)26-36(34)45-39(29-17-9-3-10-18-29)37(43-33)27-13-5-1-6-14-27;;;/h1-26H;2*1H;/q;;;+3/p-1. The third-order valence-electron chi connectivity index (χ3n) is 7.44. The van der Waals surface area contributed by atoms with Gasteiger partial charge in [-0.2, -0.15) is 0 Å². The van der Waals surface area contributed by atoms with E-state index in [-0.39, 0.29) is 42.2 Å². The van der Waals surface area contributed by atoms with Crippen LogP contribution in [0.2, 0.25) is 10.0 Å². The fourth-order valence-corrected chi connectivity index (χ4v) is 5.58. The minimum atomic E-state index is 0. The smallest absolute Gasteiger partial charge is 1.00 e. The molecule has 1 aliphatic rings. The molecule has 0 fully saturated rings. The quantitative estimate of drug-likeness (QED) is 0.173. The summed E-state index contributed by atoms with van der Waals surface area (Å²) in [6, 6.07) is 51.2. The Morgan fingerprint density at radius 2 is 0.571 bits per heavy atom. The Balaban J connectivity index is 0.00000180. The summed E-state index contributed by atoms with van der Waals surface area (Å²) in [7, 11) is 0. The van der Waals surface area contributed by atoms with Crippen LogP contribution in [0.3, 0.4) is 0 Å². The fraction of sp³-hybridized carbons (Fsp3) is 0. The molecule has 0 N–H and O–H groups in total. The third kappa shape index (κ3) is 8.65. The number of hydrogen-bond donors (Lipinski definition) is 0. The molecule has 6 aromatic carbocycles. The first-order valence-electron chi connectivity index (χ1n) is 14.8. The van der Waals surface area contributed by atoms with Gasteiger partial charge in [0.2, 0.25) is 0 Å². The molecule has 0 saturated heterocycles. The van der Waals surface area contributed by atoms with Gasteiger partial charge in [-0.3, -0.25) is 0 Å². The van der Waals surface area contributed by atoms with Crippen LogP contribution < -0.4 is 12.4 Å². The minimum absolute atomic E-state index is 0. The summed E-state index contributed by atoms with van der Waals surface area (Å²) in [5.41, 5.74) is 8.74. The zero-order valence-electron chi connectivity index (χ0n) is 25.8. The molecule has 0 unspecified atom stereocenters. The van der Waals surface area contributed by atoms with Gasteiger partial charge < -0.3 is 12.4 Å². The van der Waals surface area contributed by atoms with Crippen molar-refractivity contribution in [3.8, 4) is 0 Å². The van der Waals surface area contributed by atoms with Crippen molar-refractivity contribution in [1.29, 1.82) is 0 Å². The Kier molecular flexibility index (Phi) is 13.3. The molecule has 1 heterocycles. The fourth-order valence-electron chi connectivity index (χ4n) is 5.24. The van der Waals surface area contributed by atoms with E-state index in [9.17, 15) is 0 Å².